The Morgan fingerprint density at radius 3 is 2.70 bits per heavy atom. The summed E-state index contributed by atoms with van der Waals surface area (Å²) >= 11 is 0. The van der Waals surface area contributed by atoms with Crippen molar-refractivity contribution in [3.05, 3.63) is 0 Å². The van der Waals surface area contributed by atoms with Gasteiger partial charge in [0.2, 0.25) is 0 Å². The number of rotatable bonds is 2. The van der Waals surface area contributed by atoms with Crippen molar-refractivity contribution in [2.45, 2.75) is 25.3 Å². The molecule has 0 aliphatic heterocycles. The average Bonchev–Trinajstić information content (AvgIpc) is 2.13. The van der Waals surface area contributed by atoms with Crippen molar-refractivity contribution in [2.75, 3.05) is 6.16 Å². The summed E-state index contributed by atoms with van der Waals surface area (Å²) in [5, 5.41) is 0. The quantitative estimate of drug-likeness (QED) is 0.591. The Bertz CT molecular complexity index is 140. The summed E-state index contributed by atoms with van der Waals surface area (Å²) in [5.41, 5.74) is 5.62. The molecule has 10 heavy (non-hydrogen) atoms. The minimum Gasteiger partial charge on any atom is -0.328 e. The summed E-state index contributed by atoms with van der Waals surface area (Å²) in [6.45, 7) is 0. The lowest BCUT2D eigenvalue weighted by Gasteiger charge is -1.98. The zero-order valence-electron chi connectivity index (χ0n) is 5.86. The Kier molecular flexibility index (Phi) is 2.78. The normalized spacial score (nSPS) is 34.4. The minimum atomic E-state index is -1.94. The SMILES string of the molecule is N[C@H]1CC[C@H](C[P+](=O)O)C1. The second-order valence-corrected chi connectivity index (χ2v) is 4.04. The molecule has 1 aliphatic carbocycles. The van der Waals surface area contributed by atoms with Crippen LogP contribution in [0.2, 0.25) is 0 Å². The summed E-state index contributed by atoms with van der Waals surface area (Å²) in [6.07, 6.45) is 3.43. The Labute approximate surface area is 61.5 Å². The van der Waals surface area contributed by atoms with Crippen LogP contribution in [-0.4, -0.2) is 17.1 Å². The molecule has 0 saturated heterocycles. The van der Waals surface area contributed by atoms with Crippen LogP contribution in [0.5, 0.6) is 0 Å². The van der Waals surface area contributed by atoms with Crippen molar-refractivity contribution in [3.8, 4) is 0 Å². The van der Waals surface area contributed by atoms with Crippen LogP contribution in [0.4, 0.5) is 0 Å². The van der Waals surface area contributed by atoms with Crippen molar-refractivity contribution in [2.24, 2.45) is 11.7 Å². The fourth-order valence-electron chi connectivity index (χ4n) is 1.50. The van der Waals surface area contributed by atoms with Gasteiger partial charge in [-0.1, -0.05) is 0 Å². The molecule has 1 unspecified atom stereocenters. The Morgan fingerprint density at radius 1 is 1.60 bits per heavy atom. The van der Waals surface area contributed by atoms with Gasteiger partial charge in [-0.2, -0.15) is 4.89 Å². The topological polar surface area (TPSA) is 63.3 Å². The van der Waals surface area contributed by atoms with E-state index in [0.717, 1.165) is 19.3 Å². The van der Waals surface area contributed by atoms with Gasteiger partial charge in [0.05, 0.1) is 0 Å². The summed E-state index contributed by atoms with van der Waals surface area (Å²) in [4.78, 5) is 8.57. The van der Waals surface area contributed by atoms with Crippen LogP contribution in [-0.2, 0) is 4.57 Å². The molecule has 0 bridgehead atoms. The number of hydrogen-bond donors (Lipinski definition) is 2. The van der Waals surface area contributed by atoms with Gasteiger partial charge in [0.25, 0.3) is 0 Å². The fourth-order valence-corrected chi connectivity index (χ4v) is 2.27. The molecule has 4 heteroatoms. The van der Waals surface area contributed by atoms with E-state index < -0.39 is 8.03 Å². The zero-order chi connectivity index (χ0) is 7.56. The predicted octanol–water partition coefficient (Wildman–Crippen LogP) is 0.849. The molecule has 0 aromatic carbocycles. The maximum Gasteiger partial charge on any atom is 0.505 e. The first-order valence-electron chi connectivity index (χ1n) is 3.57. The summed E-state index contributed by atoms with van der Waals surface area (Å²) in [5.74, 6) is 0.406. The van der Waals surface area contributed by atoms with Crippen LogP contribution in [0, 0.1) is 5.92 Å². The maximum atomic E-state index is 10.4. The van der Waals surface area contributed by atoms with Crippen LogP contribution < -0.4 is 5.73 Å². The van der Waals surface area contributed by atoms with Crippen LogP contribution >= 0.6 is 8.03 Å². The molecule has 0 radical (unpaired) electrons. The number of hydrogen-bond acceptors (Lipinski definition) is 2. The molecule has 1 aliphatic rings. The lowest BCUT2D eigenvalue weighted by molar-refractivity contribution is 0.483. The first-order chi connectivity index (χ1) is 4.68. The van der Waals surface area contributed by atoms with E-state index in [1.807, 2.05) is 0 Å². The molecule has 0 aromatic rings. The average molecular weight is 162 g/mol. The van der Waals surface area contributed by atoms with Crippen LogP contribution in [0.15, 0.2) is 0 Å². The van der Waals surface area contributed by atoms with Crippen molar-refractivity contribution >= 4 is 8.03 Å². The second kappa shape index (κ2) is 3.42. The molecule has 0 aromatic heterocycles. The van der Waals surface area contributed by atoms with Gasteiger partial charge in [0, 0.05) is 12.0 Å². The monoisotopic (exact) mass is 162 g/mol. The lowest BCUT2D eigenvalue weighted by Crippen LogP contribution is -2.15. The van der Waals surface area contributed by atoms with Crippen molar-refractivity contribution in [1.82, 2.24) is 0 Å². The van der Waals surface area contributed by atoms with E-state index in [9.17, 15) is 4.57 Å². The zero-order valence-corrected chi connectivity index (χ0v) is 6.76. The highest BCUT2D eigenvalue weighted by Crippen LogP contribution is 2.30. The van der Waals surface area contributed by atoms with Gasteiger partial charge < -0.3 is 5.73 Å². The number of nitrogens with two attached hydrogens (primary N) is 1. The standard InChI is InChI=1S/C6H12NO2P/c7-6-2-1-5(3-6)4-10(8)9/h5-6H,1-4,7H2/p+1/t5-,6-/m0/s1. The van der Waals surface area contributed by atoms with Gasteiger partial charge in [-0.25, -0.2) is 0 Å². The van der Waals surface area contributed by atoms with E-state index in [-0.39, 0.29) is 6.04 Å². The van der Waals surface area contributed by atoms with Crippen molar-refractivity contribution < 1.29 is 9.46 Å². The van der Waals surface area contributed by atoms with Gasteiger partial charge in [0.1, 0.15) is 0 Å². The second-order valence-electron chi connectivity index (χ2n) is 2.97. The highest BCUT2D eigenvalue weighted by atomic mass is 31.1. The molecule has 3 N–H and O–H groups in total. The first-order valence-corrected chi connectivity index (χ1v) is 4.97. The predicted molar refractivity (Wildman–Crippen MR) is 40.0 cm³/mol. The molecule has 1 fully saturated rings. The first kappa shape index (κ1) is 8.12. The van der Waals surface area contributed by atoms with E-state index in [1.54, 1.807) is 0 Å². The third-order valence-corrected chi connectivity index (χ3v) is 2.82. The third kappa shape index (κ3) is 2.33. The Morgan fingerprint density at radius 2 is 2.30 bits per heavy atom. The van der Waals surface area contributed by atoms with Gasteiger partial charge >= 0.3 is 8.03 Å². The minimum absolute atomic E-state index is 0.278. The molecule has 0 spiro atoms. The maximum absolute atomic E-state index is 10.4. The van der Waals surface area contributed by atoms with Crippen LogP contribution in [0.25, 0.3) is 0 Å². The van der Waals surface area contributed by atoms with Crippen molar-refractivity contribution in [1.29, 1.82) is 0 Å². The van der Waals surface area contributed by atoms with Crippen LogP contribution in [0.1, 0.15) is 19.3 Å². The van der Waals surface area contributed by atoms with Gasteiger partial charge in [-0.3, -0.25) is 0 Å². The molecule has 0 amide bonds. The molecule has 3 atom stereocenters. The van der Waals surface area contributed by atoms with Gasteiger partial charge in [-0.05, 0) is 23.8 Å². The van der Waals surface area contributed by atoms with E-state index >= 15 is 0 Å². The summed E-state index contributed by atoms with van der Waals surface area (Å²) in [6, 6.07) is 0.278. The molecule has 58 valence electrons. The largest absolute Gasteiger partial charge is 0.505 e. The molecule has 1 saturated carbocycles. The summed E-state index contributed by atoms with van der Waals surface area (Å²) in [7, 11) is -1.94. The molecule has 1 rings (SSSR count). The van der Waals surface area contributed by atoms with E-state index in [0.29, 0.717) is 12.1 Å². The fraction of sp³-hybridized carbons (Fsp3) is 1.00. The summed E-state index contributed by atoms with van der Waals surface area (Å²) < 4.78 is 10.4. The Hall–Kier alpha value is 0.0200. The molecular weight excluding hydrogens is 149 g/mol. The lowest BCUT2D eigenvalue weighted by atomic mass is 10.1. The highest BCUT2D eigenvalue weighted by Gasteiger charge is 2.28. The molecular formula is C6H13NO2P+. The van der Waals surface area contributed by atoms with Gasteiger partial charge in [-0.15, -0.1) is 0 Å². The van der Waals surface area contributed by atoms with E-state index in [1.165, 1.54) is 0 Å². The smallest absolute Gasteiger partial charge is 0.328 e. The molecule has 3 nitrogen and oxygen atoms in total. The van der Waals surface area contributed by atoms with Crippen LogP contribution in [0.3, 0.4) is 0 Å². The Balaban J connectivity index is 2.24. The third-order valence-electron chi connectivity index (χ3n) is 2.00. The van der Waals surface area contributed by atoms with Gasteiger partial charge in [0.15, 0.2) is 6.16 Å². The van der Waals surface area contributed by atoms with Crippen molar-refractivity contribution in [3.63, 3.8) is 0 Å². The molecule has 0 heterocycles. The van der Waals surface area contributed by atoms with E-state index in [2.05, 4.69) is 0 Å². The van der Waals surface area contributed by atoms with E-state index in [4.69, 9.17) is 10.6 Å². The highest BCUT2D eigenvalue weighted by molar-refractivity contribution is 7.38.